The van der Waals surface area contributed by atoms with E-state index in [-0.39, 0.29) is 29.8 Å². The number of nitrogens with zero attached hydrogens (tertiary/aromatic N) is 4. The van der Waals surface area contributed by atoms with Crippen LogP contribution in [0.5, 0.6) is 11.5 Å². The smallest absolute Gasteiger partial charge is 0.322 e. The lowest BCUT2D eigenvalue weighted by atomic mass is 10.2. The molecule has 1 aromatic heterocycles. The molecule has 4 rings (SSSR count). The number of carbonyl (C=O) groups is 2. The van der Waals surface area contributed by atoms with Crippen LogP contribution in [-0.4, -0.2) is 64.7 Å². The Morgan fingerprint density at radius 1 is 1.07 bits per heavy atom. The third-order valence-electron chi connectivity index (χ3n) is 4.36. The number of rotatable bonds is 2. The summed E-state index contributed by atoms with van der Waals surface area (Å²) >= 11 is 0. The minimum atomic E-state index is -0.607. The third-order valence-corrected chi connectivity index (χ3v) is 4.36. The van der Waals surface area contributed by atoms with Crippen molar-refractivity contribution < 1.29 is 23.5 Å². The van der Waals surface area contributed by atoms with Crippen molar-refractivity contribution >= 4 is 17.6 Å². The van der Waals surface area contributed by atoms with Crippen LogP contribution in [0, 0.1) is 5.82 Å². The van der Waals surface area contributed by atoms with Crippen LogP contribution in [0.3, 0.4) is 0 Å². The summed E-state index contributed by atoms with van der Waals surface area (Å²) in [6, 6.07) is 2.19. The Hall–Kier alpha value is -3.43. The summed E-state index contributed by atoms with van der Waals surface area (Å²) in [5.74, 6) is -0.282. The molecule has 1 aromatic carbocycles. The number of piperazine rings is 1. The van der Waals surface area contributed by atoms with Crippen LogP contribution in [0.15, 0.2) is 30.7 Å². The Balaban J connectivity index is 1.39. The van der Waals surface area contributed by atoms with Gasteiger partial charge in [-0.05, 0) is 12.1 Å². The lowest BCUT2D eigenvalue weighted by Crippen LogP contribution is -2.51. The SMILES string of the molecule is O=C(Nc1c(F)ccc2c1OCO2)N1CCN(C(=O)c2cnccn2)CC1. The second-order valence-electron chi connectivity index (χ2n) is 5.96. The minimum absolute atomic E-state index is 0.0230. The molecule has 3 amide bonds. The molecule has 0 saturated carbocycles. The van der Waals surface area contributed by atoms with Crippen molar-refractivity contribution in [2.45, 2.75) is 0 Å². The Bertz CT molecular complexity index is 871. The Morgan fingerprint density at radius 2 is 1.85 bits per heavy atom. The van der Waals surface area contributed by atoms with Crippen molar-refractivity contribution in [2.24, 2.45) is 0 Å². The molecular formula is C17H16FN5O4. The average Bonchev–Trinajstić information content (AvgIpc) is 3.19. The van der Waals surface area contributed by atoms with Gasteiger partial charge in [-0.3, -0.25) is 9.78 Å². The molecule has 1 saturated heterocycles. The number of amides is 3. The van der Waals surface area contributed by atoms with Crippen LogP contribution in [0.4, 0.5) is 14.9 Å². The molecule has 3 heterocycles. The summed E-state index contributed by atoms with van der Waals surface area (Å²) in [4.78, 5) is 35.8. The second-order valence-corrected chi connectivity index (χ2v) is 5.96. The fourth-order valence-corrected chi connectivity index (χ4v) is 2.93. The summed E-state index contributed by atoms with van der Waals surface area (Å²) in [7, 11) is 0. The van der Waals surface area contributed by atoms with Crippen LogP contribution in [0.25, 0.3) is 0 Å². The number of hydrogen-bond donors (Lipinski definition) is 1. The first-order valence-corrected chi connectivity index (χ1v) is 8.33. The second kappa shape index (κ2) is 7.06. The molecule has 2 aliphatic rings. The maximum Gasteiger partial charge on any atom is 0.322 e. The van der Waals surface area contributed by atoms with E-state index in [1.807, 2.05) is 0 Å². The van der Waals surface area contributed by atoms with E-state index in [1.165, 1.54) is 35.6 Å². The number of fused-ring (bicyclic) bond motifs is 1. The molecule has 0 radical (unpaired) electrons. The molecule has 0 bridgehead atoms. The molecule has 140 valence electrons. The van der Waals surface area contributed by atoms with Crippen molar-refractivity contribution in [3.05, 3.63) is 42.2 Å². The summed E-state index contributed by atoms with van der Waals surface area (Å²) in [6.45, 7) is 1.29. The molecule has 2 aromatic rings. The number of halogens is 1. The number of anilines is 1. The van der Waals surface area contributed by atoms with Crippen molar-refractivity contribution in [2.75, 3.05) is 38.3 Å². The predicted molar refractivity (Wildman–Crippen MR) is 91.1 cm³/mol. The van der Waals surface area contributed by atoms with Gasteiger partial charge in [0.15, 0.2) is 17.3 Å². The summed E-state index contributed by atoms with van der Waals surface area (Å²) in [6.07, 6.45) is 4.35. The highest BCUT2D eigenvalue weighted by Crippen LogP contribution is 2.40. The first-order valence-electron chi connectivity index (χ1n) is 8.33. The minimum Gasteiger partial charge on any atom is -0.454 e. The predicted octanol–water partition coefficient (Wildman–Crippen LogP) is 1.33. The highest BCUT2D eigenvalue weighted by molar-refractivity contribution is 5.93. The van der Waals surface area contributed by atoms with Gasteiger partial charge in [0.05, 0.1) is 6.20 Å². The molecule has 1 fully saturated rings. The van der Waals surface area contributed by atoms with Crippen molar-refractivity contribution in [1.29, 1.82) is 0 Å². The van der Waals surface area contributed by atoms with E-state index in [1.54, 1.807) is 4.90 Å². The Labute approximate surface area is 153 Å². The summed E-state index contributed by atoms with van der Waals surface area (Å²) < 4.78 is 24.5. The topological polar surface area (TPSA) is 96.9 Å². The molecule has 2 aliphatic heterocycles. The lowest BCUT2D eigenvalue weighted by molar-refractivity contribution is 0.0665. The van der Waals surface area contributed by atoms with Gasteiger partial charge in [0.25, 0.3) is 5.91 Å². The quantitative estimate of drug-likeness (QED) is 0.853. The fourth-order valence-electron chi connectivity index (χ4n) is 2.93. The fraction of sp³-hybridized carbons (Fsp3) is 0.294. The van der Waals surface area contributed by atoms with E-state index in [2.05, 4.69) is 15.3 Å². The molecule has 1 N–H and O–H groups in total. The lowest BCUT2D eigenvalue weighted by Gasteiger charge is -2.34. The van der Waals surface area contributed by atoms with Crippen molar-refractivity contribution in [1.82, 2.24) is 19.8 Å². The first kappa shape index (κ1) is 17.0. The van der Waals surface area contributed by atoms with Gasteiger partial charge in [0, 0.05) is 38.6 Å². The largest absolute Gasteiger partial charge is 0.454 e. The number of urea groups is 1. The highest BCUT2D eigenvalue weighted by atomic mass is 19.1. The maximum atomic E-state index is 14.1. The number of aromatic nitrogens is 2. The van der Waals surface area contributed by atoms with Crippen LogP contribution < -0.4 is 14.8 Å². The van der Waals surface area contributed by atoms with E-state index >= 15 is 0 Å². The zero-order valence-electron chi connectivity index (χ0n) is 14.2. The van der Waals surface area contributed by atoms with Crippen LogP contribution in [0.2, 0.25) is 0 Å². The van der Waals surface area contributed by atoms with E-state index in [0.29, 0.717) is 31.9 Å². The molecule has 9 nitrogen and oxygen atoms in total. The Kier molecular flexibility index (Phi) is 4.45. The van der Waals surface area contributed by atoms with Gasteiger partial charge >= 0.3 is 6.03 Å². The first-order chi connectivity index (χ1) is 13.1. The average molecular weight is 373 g/mol. The summed E-state index contributed by atoms with van der Waals surface area (Å²) in [5, 5.41) is 2.54. The monoisotopic (exact) mass is 373 g/mol. The zero-order chi connectivity index (χ0) is 18.8. The number of benzene rings is 1. The molecule has 0 aliphatic carbocycles. The van der Waals surface area contributed by atoms with E-state index in [9.17, 15) is 14.0 Å². The van der Waals surface area contributed by atoms with E-state index in [4.69, 9.17) is 9.47 Å². The molecule has 0 spiro atoms. The third kappa shape index (κ3) is 3.33. The molecule has 0 unspecified atom stereocenters. The van der Waals surface area contributed by atoms with Gasteiger partial charge in [-0.2, -0.15) is 0 Å². The number of hydrogen-bond acceptors (Lipinski definition) is 6. The van der Waals surface area contributed by atoms with Gasteiger partial charge in [-0.1, -0.05) is 0 Å². The molecule has 27 heavy (non-hydrogen) atoms. The Morgan fingerprint density at radius 3 is 2.59 bits per heavy atom. The maximum absolute atomic E-state index is 14.1. The van der Waals surface area contributed by atoms with E-state index in [0.717, 1.165) is 0 Å². The van der Waals surface area contributed by atoms with Gasteiger partial charge in [0.2, 0.25) is 6.79 Å². The number of carbonyl (C=O) groups excluding carboxylic acids is 2. The highest BCUT2D eigenvalue weighted by Gasteiger charge is 2.28. The molecule has 0 atom stereocenters. The van der Waals surface area contributed by atoms with Gasteiger partial charge in [-0.15, -0.1) is 0 Å². The van der Waals surface area contributed by atoms with Gasteiger partial charge in [-0.25, -0.2) is 14.2 Å². The summed E-state index contributed by atoms with van der Waals surface area (Å²) in [5.41, 5.74) is 0.211. The number of nitrogens with one attached hydrogen (secondary N) is 1. The van der Waals surface area contributed by atoms with Crippen molar-refractivity contribution in [3.8, 4) is 11.5 Å². The zero-order valence-corrected chi connectivity index (χ0v) is 14.2. The van der Waals surface area contributed by atoms with Crippen LogP contribution in [-0.2, 0) is 0 Å². The van der Waals surface area contributed by atoms with Gasteiger partial charge < -0.3 is 24.6 Å². The number of ether oxygens (including phenoxy) is 2. The molecule has 10 heteroatoms. The van der Waals surface area contributed by atoms with Crippen LogP contribution in [0.1, 0.15) is 10.5 Å². The standard InChI is InChI=1S/C17H16FN5O4/c18-11-1-2-13-15(27-10-26-13)14(11)21-17(25)23-7-5-22(6-8-23)16(24)12-9-19-3-4-20-12/h1-4,9H,5-8,10H2,(H,21,25). The van der Waals surface area contributed by atoms with Crippen molar-refractivity contribution in [3.63, 3.8) is 0 Å². The van der Waals surface area contributed by atoms with E-state index < -0.39 is 11.8 Å². The molecular weight excluding hydrogens is 357 g/mol. The normalized spacial score (nSPS) is 15.6. The van der Waals surface area contributed by atoms with Crippen LogP contribution >= 0.6 is 0 Å². The van der Waals surface area contributed by atoms with Gasteiger partial charge in [0.1, 0.15) is 11.4 Å².